The third kappa shape index (κ3) is 11.0. The van der Waals surface area contributed by atoms with Crippen LogP contribution in [0.4, 0.5) is 10.3 Å². The highest BCUT2D eigenvalue weighted by Gasteiger charge is 2.24. The molecule has 0 fully saturated rings. The molecule has 8 aromatic carbocycles. The molecule has 0 amide bonds. The van der Waals surface area contributed by atoms with Gasteiger partial charge in [-0.2, -0.15) is 20.4 Å². The van der Waals surface area contributed by atoms with Gasteiger partial charge < -0.3 is 9.47 Å². The lowest BCUT2D eigenvalue weighted by atomic mass is 10.00. The van der Waals surface area contributed by atoms with E-state index in [1.54, 1.807) is 34.2 Å². The average Bonchev–Trinajstić information content (AvgIpc) is 4.37. The molecule has 0 spiro atoms. The fourth-order valence-electron chi connectivity index (χ4n) is 8.67. The Balaban J connectivity index is 0.618. The van der Waals surface area contributed by atoms with Crippen LogP contribution in [-0.4, -0.2) is 66.7 Å². The van der Waals surface area contributed by atoms with E-state index in [2.05, 4.69) is 21.1 Å². The number of nitrogens with zero attached hydrogens (tertiary/aromatic N) is 8. The van der Waals surface area contributed by atoms with Gasteiger partial charge in [0.05, 0.1) is 34.9 Å². The third-order valence-corrected chi connectivity index (χ3v) is 14.1. The third-order valence-electron chi connectivity index (χ3n) is 12.6. The first kappa shape index (κ1) is 48.8. The van der Waals surface area contributed by atoms with Gasteiger partial charge in [-0.3, -0.25) is 20.4 Å². The summed E-state index contributed by atoms with van der Waals surface area (Å²) < 4.78 is 15.3. The van der Waals surface area contributed by atoms with E-state index in [0.29, 0.717) is 80.0 Å². The molecule has 14 nitrogen and oxygen atoms in total. The van der Waals surface area contributed by atoms with E-state index in [-0.39, 0.29) is 11.6 Å². The van der Waals surface area contributed by atoms with Crippen molar-refractivity contribution in [1.29, 1.82) is 0 Å². The topological polar surface area (TPSA) is 163 Å². The average molecular weight is 1060 g/mol. The highest BCUT2D eigenvalue weighted by molar-refractivity contribution is 7.14. The molecule has 0 unspecified atom stereocenters. The molecule has 378 valence electrons. The molecule has 16 heteroatoms. The fraction of sp³-hybridized carbons (Fsp3) is 0.0323. The highest BCUT2D eigenvalue weighted by atomic mass is 32.1. The van der Waals surface area contributed by atoms with Crippen LogP contribution in [0, 0.1) is 0 Å². The Morgan fingerprint density at radius 2 is 0.872 bits per heavy atom. The van der Waals surface area contributed by atoms with Gasteiger partial charge in [0, 0.05) is 34.3 Å². The first-order valence-electron chi connectivity index (χ1n) is 24.8. The summed E-state index contributed by atoms with van der Waals surface area (Å²) in [6, 6.07) is 61.9. The monoisotopic (exact) mass is 1060 g/mol. The summed E-state index contributed by atoms with van der Waals surface area (Å²) in [5.74, 6) is 1.11. The predicted octanol–water partition coefficient (Wildman–Crippen LogP) is 13.4. The molecule has 0 aliphatic rings. The molecular formula is C62H44N10O4S2. The van der Waals surface area contributed by atoms with Gasteiger partial charge in [0.15, 0.2) is 11.6 Å². The van der Waals surface area contributed by atoms with Gasteiger partial charge in [0.1, 0.15) is 47.5 Å². The normalized spacial score (nSPS) is 11.4. The van der Waals surface area contributed by atoms with Crippen LogP contribution in [0.3, 0.4) is 0 Å². The molecule has 0 atom stereocenters. The van der Waals surface area contributed by atoms with Gasteiger partial charge in [-0.25, -0.2) is 19.3 Å². The van der Waals surface area contributed by atoms with Gasteiger partial charge in [0.25, 0.3) is 0 Å². The number of nitrogens with one attached hydrogen (secondary N) is 2. The molecule has 4 heterocycles. The van der Waals surface area contributed by atoms with Crippen LogP contribution in [0.5, 0.6) is 11.5 Å². The molecule has 0 saturated carbocycles. The van der Waals surface area contributed by atoms with E-state index >= 15 is 0 Å². The zero-order chi connectivity index (χ0) is 52.6. The van der Waals surface area contributed by atoms with Crippen LogP contribution in [0.2, 0.25) is 0 Å². The number of thiazole rings is 2. The minimum Gasteiger partial charge on any atom is -0.490 e. The number of hydrazone groups is 2. The molecule has 0 saturated heterocycles. The minimum absolute atomic E-state index is 0.139. The Morgan fingerprint density at radius 3 is 1.29 bits per heavy atom. The van der Waals surface area contributed by atoms with Crippen LogP contribution in [0.15, 0.2) is 227 Å². The minimum atomic E-state index is -0.139. The van der Waals surface area contributed by atoms with E-state index in [1.807, 2.05) is 205 Å². The molecular weight excluding hydrogens is 1010 g/mol. The summed E-state index contributed by atoms with van der Waals surface area (Å²) in [6.07, 6.45) is 6.93. The lowest BCUT2D eigenvalue weighted by molar-refractivity contribution is 0.103. The van der Waals surface area contributed by atoms with Crippen molar-refractivity contribution < 1.29 is 19.1 Å². The van der Waals surface area contributed by atoms with Crippen molar-refractivity contribution in [3.05, 3.63) is 251 Å². The number of hydrogen-bond acceptors (Lipinski definition) is 14. The number of anilines is 2. The summed E-state index contributed by atoms with van der Waals surface area (Å²) >= 11 is 2.74. The van der Waals surface area contributed by atoms with E-state index in [0.717, 1.165) is 44.0 Å². The largest absolute Gasteiger partial charge is 0.490 e. The van der Waals surface area contributed by atoms with Crippen molar-refractivity contribution in [2.75, 3.05) is 24.1 Å². The maximum absolute atomic E-state index is 14.0. The summed E-state index contributed by atoms with van der Waals surface area (Å²) in [5.41, 5.74) is 13.6. The van der Waals surface area contributed by atoms with Crippen molar-refractivity contribution in [3.63, 3.8) is 0 Å². The van der Waals surface area contributed by atoms with E-state index < -0.39 is 0 Å². The number of ether oxygens (including phenoxy) is 2. The second kappa shape index (κ2) is 22.4. The Morgan fingerprint density at radius 1 is 0.474 bits per heavy atom. The zero-order valence-corrected chi connectivity index (χ0v) is 43.0. The van der Waals surface area contributed by atoms with Gasteiger partial charge in [-0.05, 0) is 118 Å². The summed E-state index contributed by atoms with van der Waals surface area (Å²) in [6.45, 7) is 0.685. The van der Waals surface area contributed by atoms with Gasteiger partial charge in [-0.15, -0.1) is 22.7 Å². The Hall–Kier alpha value is -10.2. The van der Waals surface area contributed by atoms with E-state index in [1.165, 1.54) is 22.7 Å². The maximum atomic E-state index is 14.0. The lowest BCUT2D eigenvalue weighted by Crippen LogP contribution is -2.09. The molecule has 12 rings (SSSR count). The van der Waals surface area contributed by atoms with Gasteiger partial charge >= 0.3 is 0 Å². The molecule has 4 aromatic heterocycles. The Labute approximate surface area is 455 Å². The number of carbonyl (C=O) groups is 2. The number of rotatable bonds is 19. The maximum Gasteiger partial charge on any atom is 0.203 e. The van der Waals surface area contributed by atoms with E-state index in [9.17, 15) is 9.59 Å². The fourth-order valence-corrected chi connectivity index (χ4v) is 9.96. The predicted molar refractivity (Wildman–Crippen MR) is 310 cm³/mol. The molecule has 2 N–H and O–H groups in total. The molecule has 0 bridgehead atoms. The van der Waals surface area contributed by atoms with Gasteiger partial charge in [0.2, 0.25) is 10.3 Å². The molecule has 0 radical (unpaired) electrons. The smallest absolute Gasteiger partial charge is 0.203 e. The zero-order valence-electron chi connectivity index (χ0n) is 41.4. The van der Waals surface area contributed by atoms with Gasteiger partial charge in [-0.1, -0.05) is 109 Å². The molecule has 78 heavy (non-hydrogen) atoms. The number of para-hydroxylation sites is 2. The SMILES string of the molecule is O=C(c1ccc2ccccc2c1)c1cn(-c2ccccc2)nc1-c1csc(NN=Cc2ccc(OCCOc3ccc(C=NNc4nc(-c5nn(-c6ccccc6)cc5C(=O)c5ccc6ccccc6c5)cs4)cc3)cc2)n1. The standard InChI is InChI=1S/C62H44N10O4S2/c73-59(47-25-23-43-11-7-9-13-45(43)33-47)53-37-71(49-15-3-1-4-16-49)69-57(53)55-39-77-61(65-55)67-63-35-41-19-27-51(28-20-41)75-31-32-76-52-29-21-42(22-30-52)36-64-68-62-66-56(40-78-62)58-54(38-72(70-58)50-17-5-2-6-18-50)60(74)48-26-24-44-12-8-10-14-46(44)34-48/h1-30,33-40H,31-32H2,(H,65,67)(H,66,68). The summed E-state index contributed by atoms with van der Waals surface area (Å²) in [4.78, 5) is 37.6. The molecule has 0 aliphatic carbocycles. The van der Waals surface area contributed by atoms with Crippen molar-refractivity contribution >= 4 is 78.5 Å². The Kier molecular flexibility index (Phi) is 14.0. The Bertz CT molecular complexity index is 3880. The van der Waals surface area contributed by atoms with E-state index in [4.69, 9.17) is 29.6 Å². The summed E-state index contributed by atoms with van der Waals surface area (Å²) in [5, 5.41) is 27.4. The summed E-state index contributed by atoms with van der Waals surface area (Å²) in [7, 11) is 0. The lowest BCUT2D eigenvalue weighted by Gasteiger charge is -2.08. The first-order chi connectivity index (χ1) is 38.4. The number of fused-ring (bicyclic) bond motifs is 2. The van der Waals surface area contributed by atoms with Crippen molar-refractivity contribution in [3.8, 4) is 45.6 Å². The van der Waals surface area contributed by atoms with Crippen molar-refractivity contribution in [2.45, 2.75) is 0 Å². The van der Waals surface area contributed by atoms with Crippen LogP contribution >= 0.6 is 22.7 Å². The number of benzene rings is 8. The number of hydrogen-bond donors (Lipinski definition) is 2. The second-order valence-corrected chi connectivity index (χ2v) is 19.5. The first-order valence-corrected chi connectivity index (χ1v) is 26.5. The molecule has 12 aromatic rings. The molecule has 0 aliphatic heterocycles. The van der Waals surface area contributed by atoms with Crippen molar-refractivity contribution in [2.24, 2.45) is 10.2 Å². The highest BCUT2D eigenvalue weighted by Crippen LogP contribution is 2.32. The van der Waals surface area contributed by atoms with Crippen molar-refractivity contribution in [1.82, 2.24) is 29.5 Å². The number of aromatic nitrogens is 6. The van der Waals surface area contributed by atoms with Crippen LogP contribution in [-0.2, 0) is 0 Å². The van der Waals surface area contributed by atoms with Crippen LogP contribution in [0.25, 0.3) is 55.7 Å². The second-order valence-electron chi connectivity index (χ2n) is 17.8. The number of ketones is 2. The van der Waals surface area contributed by atoms with Crippen LogP contribution in [0.1, 0.15) is 43.0 Å². The number of carbonyl (C=O) groups excluding carboxylic acids is 2. The van der Waals surface area contributed by atoms with Crippen LogP contribution < -0.4 is 20.3 Å². The quantitative estimate of drug-likeness (QED) is 0.0345.